The Morgan fingerprint density at radius 1 is 1.19 bits per heavy atom. The van der Waals surface area contributed by atoms with Crippen molar-refractivity contribution >= 4 is 52.1 Å². The molecule has 2 aromatic rings. The van der Waals surface area contributed by atoms with Crippen LogP contribution in [-0.2, 0) is 0 Å². The van der Waals surface area contributed by atoms with Gasteiger partial charge in [-0.15, -0.1) is 0 Å². The summed E-state index contributed by atoms with van der Waals surface area (Å²) in [6.07, 6.45) is 0. The van der Waals surface area contributed by atoms with Gasteiger partial charge in [0.2, 0.25) is 0 Å². The van der Waals surface area contributed by atoms with E-state index < -0.39 is 0 Å². The van der Waals surface area contributed by atoms with Gasteiger partial charge >= 0.3 is 0 Å². The number of nitrogens with two attached hydrogens (primary N) is 1. The molecule has 0 fully saturated rings. The Bertz CT molecular complexity index is 719. The molecule has 1 amide bonds. The van der Waals surface area contributed by atoms with Crippen LogP contribution in [0.2, 0.25) is 10.0 Å². The largest absolute Gasteiger partial charge is 0.376 e. The van der Waals surface area contributed by atoms with E-state index in [1.807, 2.05) is 19.1 Å². The molecule has 0 spiro atoms. The minimum absolute atomic E-state index is 0.0764. The third-order valence-corrected chi connectivity index (χ3v) is 3.67. The summed E-state index contributed by atoms with van der Waals surface area (Å²) in [5.74, 6) is -0.329. The number of hydrogen-bond acceptors (Lipinski definition) is 2. The van der Waals surface area contributed by atoms with Crippen LogP contribution >= 0.6 is 35.4 Å². The SMILES string of the molecule is Cc1ccccc1C(=O)N(C(N)=S)c1ccc(Cl)cc1Cl. The van der Waals surface area contributed by atoms with Gasteiger partial charge in [-0.2, -0.15) is 0 Å². The van der Waals surface area contributed by atoms with Crippen LogP contribution in [0.15, 0.2) is 42.5 Å². The monoisotopic (exact) mass is 338 g/mol. The average molecular weight is 339 g/mol. The summed E-state index contributed by atoms with van der Waals surface area (Å²) in [5, 5.41) is 0.694. The number of amides is 1. The van der Waals surface area contributed by atoms with Crippen LogP contribution in [0.5, 0.6) is 0 Å². The molecule has 2 rings (SSSR count). The zero-order chi connectivity index (χ0) is 15.6. The van der Waals surface area contributed by atoms with E-state index in [0.717, 1.165) is 5.56 Å². The minimum atomic E-state index is -0.329. The van der Waals surface area contributed by atoms with Crippen molar-refractivity contribution < 1.29 is 4.79 Å². The summed E-state index contributed by atoms with van der Waals surface area (Å²) < 4.78 is 0. The van der Waals surface area contributed by atoms with E-state index in [0.29, 0.717) is 21.3 Å². The summed E-state index contributed by atoms with van der Waals surface area (Å²) in [6.45, 7) is 1.84. The molecule has 0 radical (unpaired) electrons. The number of thiocarbonyl (C=S) groups is 1. The standard InChI is InChI=1S/C15H12Cl2N2OS/c1-9-4-2-3-5-11(9)14(20)19(15(18)21)13-7-6-10(16)8-12(13)17/h2-8H,1H3,(H2,18,21). The quantitative estimate of drug-likeness (QED) is 0.835. The average Bonchev–Trinajstić information content (AvgIpc) is 2.41. The fraction of sp³-hybridized carbons (Fsp3) is 0.0667. The smallest absolute Gasteiger partial charge is 0.264 e. The van der Waals surface area contributed by atoms with E-state index in [1.54, 1.807) is 24.3 Å². The molecule has 0 bridgehead atoms. The molecule has 0 aromatic heterocycles. The van der Waals surface area contributed by atoms with Gasteiger partial charge < -0.3 is 5.73 Å². The Morgan fingerprint density at radius 3 is 2.43 bits per heavy atom. The molecule has 0 saturated heterocycles. The van der Waals surface area contributed by atoms with E-state index in [4.69, 9.17) is 41.2 Å². The topological polar surface area (TPSA) is 46.3 Å². The number of benzene rings is 2. The number of aryl methyl sites for hydroxylation is 1. The highest BCUT2D eigenvalue weighted by Crippen LogP contribution is 2.30. The molecule has 21 heavy (non-hydrogen) atoms. The van der Waals surface area contributed by atoms with E-state index in [-0.39, 0.29) is 11.0 Å². The summed E-state index contributed by atoms with van der Waals surface area (Å²) in [5.41, 5.74) is 7.45. The maximum absolute atomic E-state index is 12.7. The Hall–Kier alpha value is -1.62. The Kier molecular flexibility index (Phi) is 4.83. The fourth-order valence-electron chi connectivity index (χ4n) is 1.92. The molecule has 0 aliphatic heterocycles. The van der Waals surface area contributed by atoms with Crippen molar-refractivity contribution in [2.45, 2.75) is 6.92 Å². The lowest BCUT2D eigenvalue weighted by atomic mass is 10.1. The van der Waals surface area contributed by atoms with E-state index in [2.05, 4.69) is 0 Å². The number of halogens is 2. The van der Waals surface area contributed by atoms with Crippen molar-refractivity contribution in [2.75, 3.05) is 4.90 Å². The number of anilines is 1. The summed E-state index contributed by atoms with van der Waals surface area (Å²) in [7, 11) is 0. The van der Waals surface area contributed by atoms with Crippen molar-refractivity contribution in [3.8, 4) is 0 Å². The van der Waals surface area contributed by atoms with Gasteiger partial charge in [-0.05, 0) is 49.0 Å². The Morgan fingerprint density at radius 2 is 1.86 bits per heavy atom. The first-order chi connectivity index (χ1) is 9.91. The van der Waals surface area contributed by atoms with Gasteiger partial charge in [0.05, 0.1) is 10.7 Å². The molecule has 0 saturated carbocycles. The second kappa shape index (κ2) is 6.43. The van der Waals surface area contributed by atoms with Crippen LogP contribution in [0.4, 0.5) is 5.69 Å². The molecule has 3 nitrogen and oxygen atoms in total. The van der Waals surface area contributed by atoms with Crippen molar-refractivity contribution in [2.24, 2.45) is 5.73 Å². The van der Waals surface area contributed by atoms with Gasteiger partial charge in [0, 0.05) is 10.6 Å². The van der Waals surface area contributed by atoms with E-state index in [9.17, 15) is 4.79 Å². The molecule has 0 heterocycles. The molecule has 0 atom stereocenters. The lowest BCUT2D eigenvalue weighted by molar-refractivity contribution is 0.100. The second-order valence-corrected chi connectivity index (χ2v) is 5.65. The first kappa shape index (κ1) is 15.8. The number of nitrogens with zero attached hydrogens (tertiary/aromatic N) is 1. The van der Waals surface area contributed by atoms with Crippen molar-refractivity contribution in [1.82, 2.24) is 0 Å². The first-order valence-electron chi connectivity index (χ1n) is 6.06. The van der Waals surface area contributed by atoms with Crippen LogP contribution < -0.4 is 10.6 Å². The van der Waals surface area contributed by atoms with Crippen molar-refractivity contribution in [3.63, 3.8) is 0 Å². The van der Waals surface area contributed by atoms with Crippen LogP contribution in [0.3, 0.4) is 0 Å². The van der Waals surface area contributed by atoms with Gasteiger partial charge in [0.15, 0.2) is 5.11 Å². The predicted molar refractivity (Wildman–Crippen MR) is 91.2 cm³/mol. The molecule has 2 N–H and O–H groups in total. The molecule has 2 aromatic carbocycles. The van der Waals surface area contributed by atoms with Gasteiger partial charge in [-0.3, -0.25) is 9.69 Å². The second-order valence-electron chi connectivity index (χ2n) is 4.39. The number of carbonyl (C=O) groups excluding carboxylic acids is 1. The normalized spacial score (nSPS) is 10.2. The van der Waals surface area contributed by atoms with Gasteiger partial charge in [-0.25, -0.2) is 0 Å². The number of carbonyl (C=O) groups is 1. The molecular formula is C15H12Cl2N2OS. The predicted octanol–water partition coefficient (Wildman–Crippen LogP) is 4.19. The molecule has 6 heteroatoms. The van der Waals surface area contributed by atoms with Crippen molar-refractivity contribution in [1.29, 1.82) is 0 Å². The Balaban J connectivity index is 2.52. The maximum Gasteiger partial charge on any atom is 0.264 e. The van der Waals surface area contributed by atoms with Gasteiger partial charge in [0.1, 0.15) is 0 Å². The van der Waals surface area contributed by atoms with Crippen LogP contribution in [0.1, 0.15) is 15.9 Å². The molecule has 0 aliphatic rings. The molecule has 0 aliphatic carbocycles. The Labute approximate surface area is 138 Å². The van der Waals surface area contributed by atoms with E-state index >= 15 is 0 Å². The van der Waals surface area contributed by atoms with Gasteiger partial charge in [-0.1, -0.05) is 41.4 Å². The fourth-order valence-corrected chi connectivity index (χ4v) is 2.60. The third kappa shape index (κ3) is 3.35. The molecular weight excluding hydrogens is 327 g/mol. The van der Waals surface area contributed by atoms with Crippen LogP contribution in [0, 0.1) is 6.92 Å². The van der Waals surface area contributed by atoms with Crippen LogP contribution in [-0.4, -0.2) is 11.0 Å². The van der Waals surface area contributed by atoms with Gasteiger partial charge in [0.25, 0.3) is 5.91 Å². The highest BCUT2D eigenvalue weighted by Gasteiger charge is 2.23. The van der Waals surface area contributed by atoms with Crippen LogP contribution in [0.25, 0.3) is 0 Å². The summed E-state index contributed by atoms with van der Waals surface area (Å²) in [6, 6.07) is 12.0. The zero-order valence-electron chi connectivity index (χ0n) is 11.1. The number of rotatable bonds is 2. The lowest BCUT2D eigenvalue weighted by Gasteiger charge is -2.23. The first-order valence-corrected chi connectivity index (χ1v) is 7.23. The van der Waals surface area contributed by atoms with Crippen molar-refractivity contribution in [3.05, 3.63) is 63.6 Å². The summed E-state index contributed by atoms with van der Waals surface area (Å²) in [4.78, 5) is 13.9. The highest BCUT2D eigenvalue weighted by atomic mass is 35.5. The lowest BCUT2D eigenvalue weighted by Crippen LogP contribution is -2.41. The maximum atomic E-state index is 12.7. The highest BCUT2D eigenvalue weighted by molar-refractivity contribution is 7.80. The molecule has 0 unspecified atom stereocenters. The summed E-state index contributed by atoms with van der Waals surface area (Å²) >= 11 is 17.0. The van der Waals surface area contributed by atoms with E-state index in [1.165, 1.54) is 11.0 Å². The number of hydrogen-bond donors (Lipinski definition) is 1. The zero-order valence-corrected chi connectivity index (χ0v) is 13.5. The third-order valence-electron chi connectivity index (χ3n) is 2.95. The molecule has 108 valence electrons. The minimum Gasteiger partial charge on any atom is -0.376 e.